The van der Waals surface area contributed by atoms with Crippen molar-refractivity contribution >= 4 is 21.8 Å². The van der Waals surface area contributed by atoms with Gasteiger partial charge in [-0.3, -0.25) is 9.59 Å². The second-order valence-corrected chi connectivity index (χ2v) is 9.53. The first-order valence-electron chi connectivity index (χ1n) is 10.3. The Labute approximate surface area is 190 Å². The molecule has 2 rings (SSSR count). The van der Waals surface area contributed by atoms with E-state index in [1.165, 1.54) is 31.1 Å². The molecule has 1 atom stereocenters. The minimum atomic E-state index is -3.86. The fourth-order valence-corrected chi connectivity index (χ4v) is 4.43. The van der Waals surface area contributed by atoms with E-state index in [2.05, 4.69) is 5.32 Å². The van der Waals surface area contributed by atoms with Crippen LogP contribution in [-0.4, -0.2) is 63.2 Å². The molecule has 0 fully saturated rings. The van der Waals surface area contributed by atoms with Gasteiger partial charge < -0.3 is 15.0 Å². The third kappa shape index (κ3) is 6.08. The minimum absolute atomic E-state index is 0.107. The number of hydrogen-bond acceptors (Lipinski definition) is 5. The third-order valence-corrected chi connectivity index (χ3v) is 7.02. The third-order valence-electron chi connectivity index (χ3n) is 5.21. The van der Waals surface area contributed by atoms with Gasteiger partial charge in [0.2, 0.25) is 21.8 Å². The van der Waals surface area contributed by atoms with Crippen LogP contribution in [0.15, 0.2) is 53.4 Å². The lowest BCUT2D eigenvalue weighted by Crippen LogP contribution is -2.51. The highest BCUT2D eigenvalue weighted by Gasteiger charge is 2.31. The normalized spacial score (nSPS) is 12.3. The van der Waals surface area contributed by atoms with Gasteiger partial charge in [0, 0.05) is 20.6 Å². The summed E-state index contributed by atoms with van der Waals surface area (Å²) in [7, 11) is 0.553. The number of carbonyl (C=O) groups is 2. The van der Waals surface area contributed by atoms with Gasteiger partial charge in [-0.15, -0.1) is 0 Å². The number of nitrogens with one attached hydrogen (secondary N) is 1. The summed E-state index contributed by atoms with van der Waals surface area (Å²) in [6, 6.07) is 12.9. The first kappa shape index (κ1) is 25.4. The van der Waals surface area contributed by atoms with Crippen LogP contribution in [0.4, 0.5) is 0 Å². The molecule has 0 radical (unpaired) electrons. The second kappa shape index (κ2) is 11.1. The number of likely N-dealkylation sites (N-methyl/N-ethyl adjacent to an activating group) is 2. The average Bonchev–Trinajstić information content (AvgIpc) is 2.78. The van der Waals surface area contributed by atoms with E-state index >= 15 is 0 Å². The van der Waals surface area contributed by atoms with Crippen molar-refractivity contribution in [2.45, 2.75) is 37.8 Å². The monoisotopic (exact) mass is 461 g/mol. The van der Waals surface area contributed by atoms with Gasteiger partial charge in [0.1, 0.15) is 11.8 Å². The molecule has 0 bridgehead atoms. The van der Waals surface area contributed by atoms with Crippen molar-refractivity contribution in [1.82, 2.24) is 14.5 Å². The molecule has 0 spiro atoms. The van der Waals surface area contributed by atoms with E-state index in [0.29, 0.717) is 12.2 Å². The van der Waals surface area contributed by atoms with Gasteiger partial charge in [0.05, 0.1) is 18.6 Å². The lowest BCUT2D eigenvalue weighted by atomic mass is 10.1. The number of ether oxygens (including phenoxy) is 1. The second-order valence-electron chi connectivity index (χ2n) is 7.49. The predicted octanol–water partition coefficient (Wildman–Crippen LogP) is 2.18. The van der Waals surface area contributed by atoms with Crippen molar-refractivity contribution < 1.29 is 22.7 Å². The Bertz CT molecular complexity index is 1040. The van der Waals surface area contributed by atoms with Crippen molar-refractivity contribution in [3.63, 3.8) is 0 Å². The van der Waals surface area contributed by atoms with Crippen molar-refractivity contribution in [2.24, 2.45) is 0 Å². The zero-order valence-electron chi connectivity index (χ0n) is 19.2. The van der Waals surface area contributed by atoms with Gasteiger partial charge in [-0.05, 0) is 43.2 Å². The van der Waals surface area contributed by atoms with E-state index < -0.39 is 28.5 Å². The van der Waals surface area contributed by atoms with E-state index in [9.17, 15) is 18.0 Å². The zero-order valence-corrected chi connectivity index (χ0v) is 20.0. The summed E-state index contributed by atoms with van der Waals surface area (Å²) >= 11 is 0. The van der Waals surface area contributed by atoms with Crippen LogP contribution in [0.5, 0.6) is 5.75 Å². The molecule has 32 heavy (non-hydrogen) atoms. The highest BCUT2D eigenvalue weighted by atomic mass is 32.2. The number of hydrogen-bond donors (Lipinski definition) is 1. The first-order valence-corrected chi connectivity index (χ1v) is 11.7. The lowest BCUT2D eigenvalue weighted by molar-refractivity contribution is -0.141. The zero-order chi connectivity index (χ0) is 23.9. The maximum absolute atomic E-state index is 13.3. The standard InChI is InChI=1S/C23H31N3O5S/c1-6-21(23(28)24-3)26(15-18-8-7-9-19(14-18)31-5)22(27)16-25(4)32(29,30)20-12-10-17(2)11-13-20/h7-14,21H,6,15-16H2,1-5H3,(H,24,28)/t21-/m1/s1. The molecule has 0 aliphatic heterocycles. The molecule has 2 aromatic rings. The Morgan fingerprint density at radius 1 is 1.12 bits per heavy atom. The van der Waals surface area contributed by atoms with Crippen molar-refractivity contribution in [1.29, 1.82) is 0 Å². The molecule has 0 unspecified atom stereocenters. The van der Waals surface area contributed by atoms with Gasteiger partial charge in [-0.2, -0.15) is 4.31 Å². The quantitative estimate of drug-likeness (QED) is 0.585. The molecule has 0 aliphatic rings. The van der Waals surface area contributed by atoms with Gasteiger partial charge in [-0.25, -0.2) is 8.42 Å². The number of rotatable bonds is 10. The van der Waals surface area contributed by atoms with E-state index in [4.69, 9.17) is 4.74 Å². The molecular weight excluding hydrogens is 430 g/mol. The minimum Gasteiger partial charge on any atom is -0.497 e. The predicted molar refractivity (Wildman–Crippen MR) is 123 cm³/mol. The molecular formula is C23H31N3O5S. The molecule has 0 aliphatic carbocycles. The molecule has 0 heterocycles. The van der Waals surface area contributed by atoms with Crippen molar-refractivity contribution in [3.05, 3.63) is 59.7 Å². The molecule has 0 aromatic heterocycles. The fraction of sp³-hybridized carbons (Fsp3) is 0.391. The number of aryl methyl sites for hydroxylation is 1. The number of benzene rings is 2. The molecule has 0 saturated carbocycles. The molecule has 174 valence electrons. The largest absolute Gasteiger partial charge is 0.497 e. The van der Waals surface area contributed by atoms with Crippen LogP contribution in [0.2, 0.25) is 0 Å². The summed E-state index contributed by atoms with van der Waals surface area (Å²) < 4.78 is 32.1. The van der Waals surface area contributed by atoms with Crippen LogP contribution in [0, 0.1) is 6.92 Å². The highest BCUT2D eigenvalue weighted by molar-refractivity contribution is 7.89. The van der Waals surface area contributed by atoms with E-state index in [0.717, 1.165) is 15.4 Å². The summed E-state index contributed by atoms with van der Waals surface area (Å²) in [6.07, 6.45) is 0.379. The van der Waals surface area contributed by atoms with Crippen LogP contribution in [-0.2, 0) is 26.2 Å². The molecule has 9 heteroatoms. The molecule has 2 amide bonds. The van der Waals surface area contributed by atoms with E-state index in [-0.39, 0.29) is 17.3 Å². The van der Waals surface area contributed by atoms with Crippen molar-refractivity contribution in [2.75, 3.05) is 27.7 Å². The molecule has 1 N–H and O–H groups in total. The van der Waals surface area contributed by atoms with Crippen LogP contribution in [0.1, 0.15) is 24.5 Å². The Balaban J connectivity index is 2.31. The first-order chi connectivity index (χ1) is 15.1. The number of amides is 2. The number of carbonyl (C=O) groups excluding carboxylic acids is 2. The SMILES string of the molecule is CC[C@H](C(=O)NC)N(Cc1cccc(OC)c1)C(=O)CN(C)S(=O)(=O)c1ccc(C)cc1. The topological polar surface area (TPSA) is 96.0 Å². The Kier molecular flexibility index (Phi) is 8.80. The van der Waals surface area contributed by atoms with Gasteiger partial charge in [0.15, 0.2) is 0 Å². The Hall–Kier alpha value is -2.91. The smallest absolute Gasteiger partial charge is 0.243 e. The maximum Gasteiger partial charge on any atom is 0.243 e. The Morgan fingerprint density at radius 3 is 2.34 bits per heavy atom. The summed E-state index contributed by atoms with van der Waals surface area (Å²) in [5.74, 6) is -0.156. The summed E-state index contributed by atoms with van der Waals surface area (Å²) in [6.45, 7) is 3.41. The van der Waals surface area contributed by atoms with Crippen molar-refractivity contribution in [3.8, 4) is 5.75 Å². The summed E-state index contributed by atoms with van der Waals surface area (Å²) in [5, 5.41) is 2.58. The highest BCUT2D eigenvalue weighted by Crippen LogP contribution is 2.19. The van der Waals surface area contributed by atoms with E-state index in [1.54, 1.807) is 44.4 Å². The van der Waals surface area contributed by atoms with Crippen LogP contribution < -0.4 is 10.1 Å². The van der Waals surface area contributed by atoms with E-state index in [1.807, 2.05) is 13.0 Å². The number of nitrogens with zero attached hydrogens (tertiary/aromatic N) is 2. The summed E-state index contributed by atoms with van der Waals surface area (Å²) in [5.41, 5.74) is 1.70. The fourth-order valence-electron chi connectivity index (χ4n) is 3.31. The van der Waals surface area contributed by atoms with Crippen LogP contribution in [0.3, 0.4) is 0 Å². The van der Waals surface area contributed by atoms with Gasteiger partial charge >= 0.3 is 0 Å². The van der Waals surface area contributed by atoms with Crippen LogP contribution in [0.25, 0.3) is 0 Å². The molecule has 0 saturated heterocycles. The Morgan fingerprint density at radius 2 is 1.78 bits per heavy atom. The van der Waals surface area contributed by atoms with Gasteiger partial charge in [0.25, 0.3) is 0 Å². The number of methoxy groups -OCH3 is 1. The lowest BCUT2D eigenvalue weighted by Gasteiger charge is -2.31. The van der Waals surface area contributed by atoms with Gasteiger partial charge in [-0.1, -0.05) is 36.8 Å². The average molecular weight is 462 g/mol. The number of sulfonamides is 1. The molecule has 2 aromatic carbocycles. The molecule has 8 nitrogen and oxygen atoms in total. The van der Waals surface area contributed by atoms with Crippen LogP contribution >= 0.6 is 0 Å². The summed E-state index contributed by atoms with van der Waals surface area (Å²) in [4.78, 5) is 27.3. The maximum atomic E-state index is 13.3.